The van der Waals surface area contributed by atoms with Gasteiger partial charge in [0, 0.05) is 12.8 Å². The van der Waals surface area contributed by atoms with Gasteiger partial charge < -0.3 is 4.74 Å². The SMILES string of the molecule is Cc1ccc(C2=C(OC(=O)C(C)C)CC(C)(C)CC2=O)cc1C. The number of benzene rings is 1. The zero-order valence-electron chi connectivity index (χ0n) is 14.9. The van der Waals surface area contributed by atoms with Crippen LogP contribution in [-0.2, 0) is 14.3 Å². The number of allylic oxidation sites excluding steroid dienone is 2. The number of carbonyl (C=O) groups is 2. The van der Waals surface area contributed by atoms with Crippen LogP contribution < -0.4 is 0 Å². The third-order valence-electron chi connectivity index (χ3n) is 4.33. The van der Waals surface area contributed by atoms with Crippen molar-refractivity contribution in [3.05, 3.63) is 40.6 Å². The molecule has 0 aromatic heterocycles. The zero-order valence-corrected chi connectivity index (χ0v) is 14.9. The van der Waals surface area contributed by atoms with Crippen molar-refractivity contribution < 1.29 is 14.3 Å². The fraction of sp³-hybridized carbons (Fsp3) is 0.500. The normalized spacial score (nSPS) is 17.6. The summed E-state index contributed by atoms with van der Waals surface area (Å²) >= 11 is 0. The first kappa shape index (κ1) is 17.5. The van der Waals surface area contributed by atoms with Crippen molar-refractivity contribution in [1.29, 1.82) is 0 Å². The van der Waals surface area contributed by atoms with Crippen molar-refractivity contribution in [2.24, 2.45) is 11.3 Å². The smallest absolute Gasteiger partial charge is 0.313 e. The van der Waals surface area contributed by atoms with Gasteiger partial charge in [0.1, 0.15) is 5.76 Å². The number of carbonyl (C=O) groups excluding carboxylic acids is 2. The summed E-state index contributed by atoms with van der Waals surface area (Å²) in [5.74, 6) is 0.0692. The Labute approximate surface area is 138 Å². The summed E-state index contributed by atoms with van der Waals surface area (Å²) in [5, 5.41) is 0. The van der Waals surface area contributed by atoms with Gasteiger partial charge in [-0.1, -0.05) is 45.9 Å². The summed E-state index contributed by atoms with van der Waals surface area (Å²) in [5.41, 5.74) is 3.54. The molecule has 1 aliphatic carbocycles. The Morgan fingerprint density at radius 1 is 1.13 bits per heavy atom. The highest BCUT2D eigenvalue weighted by Crippen LogP contribution is 2.41. The van der Waals surface area contributed by atoms with Crippen LogP contribution in [0.4, 0.5) is 0 Å². The van der Waals surface area contributed by atoms with Gasteiger partial charge in [0.2, 0.25) is 0 Å². The molecule has 0 aliphatic heterocycles. The lowest BCUT2D eigenvalue weighted by Crippen LogP contribution is -2.27. The molecule has 0 radical (unpaired) electrons. The van der Waals surface area contributed by atoms with Gasteiger partial charge in [-0.2, -0.15) is 0 Å². The van der Waals surface area contributed by atoms with E-state index in [0.29, 0.717) is 24.2 Å². The Hall–Kier alpha value is -1.90. The third-order valence-corrected chi connectivity index (χ3v) is 4.33. The number of hydrogen-bond donors (Lipinski definition) is 0. The van der Waals surface area contributed by atoms with Crippen LogP contribution in [0.5, 0.6) is 0 Å². The Balaban J connectivity index is 2.54. The maximum Gasteiger partial charge on any atom is 0.313 e. The van der Waals surface area contributed by atoms with Gasteiger partial charge in [-0.05, 0) is 36.0 Å². The fourth-order valence-corrected chi connectivity index (χ4v) is 2.81. The van der Waals surface area contributed by atoms with Crippen LogP contribution in [0.25, 0.3) is 5.57 Å². The maximum atomic E-state index is 12.7. The average Bonchev–Trinajstić information content (AvgIpc) is 2.40. The molecule has 2 rings (SSSR count). The number of Topliss-reactive ketones (excluding diaryl/α,β-unsaturated/α-hetero) is 1. The summed E-state index contributed by atoms with van der Waals surface area (Å²) in [6.07, 6.45) is 1.07. The van der Waals surface area contributed by atoms with E-state index in [-0.39, 0.29) is 23.1 Å². The molecule has 23 heavy (non-hydrogen) atoms. The number of ether oxygens (including phenoxy) is 1. The Kier molecular flexibility index (Phi) is 4.79. The molecule has 0 fully saturated rings. The molecule has 0 unspecified atom stereocenters. The van der Waals surface area contributed by atoms with Crippen LogP contribution in [0, 0.1) is 25.2 Å². The lowest BCUT2D eigenvalue weighted by Gasteiger charge is -2.31. The fourth-order valence-electron chi connectivity index (χ4n) is 2.81. The largest absolute Gasteiger partial charge is 0.430 e. The van der Waals surface area contributed by atoms with Crippen LogP contribution in [-0.4, -0.2) is 11.8 Å². The van der Waals surface area contributed by atoms with E-state index in [0.717, 1.165) is 11.1 Å². The molecule has 124 valence electrons. The maximum absolute atomic E-state index is 12.7. The zero-order chi connectivity index (χ0) is 17.4. The summed E-state index contributed by atoms with van der Waals surface area (Å²) in [6.45, 7) is 11.7. The van der Waals surface area contributed by atoms with E-state index in [1.807, 2.05) is 45.9 Å². The van der Waals surface area contributed by atoms with Gasteiger partial charge in [0.25, 0.3) is 0 Å². The third kappa shape index (κ3) is 3.90. The second-order valence-corrected chi connectivity index (χ2v) is 7.61. The first-order valence-corrected chi connectivity index (χ1v) is 8.16. The van der Waals surface area contributed by atoms with Crippen LogP contribution in [0.2, 0.25) is 0 Å². The van der Waals surface area contributed by atoms with E-state index < -0.39 is 0 Å². The second-order valence-electron chi connectivity index (χ2n) is 7.61. The Morgan fingerprint density at radius 2 is 1.78 bits per heavy atom. The van der Waals surface area contributed by atoms with Gasteiger partial charge in [-0.25, -0.2) is 0 Å². The molecule has 1 aromatic rings. The minimum atomic E-state index is -0.285. The predicted octanol–water partition coefficient (Wildman–Crippen LogP) is 4.60. The van der Waals surface area contributed by atoms with Crippen LogP contribution in [0.1, 0.15) is 57.2 Å². The van der Waals surface area contributed by atoms with E-state index >= 15 is 0 Å². The van der Waals surface area contributed by atoms with Crippen LogP contribution >= 0.6 is 0 Å². The van der Waals surface area contributed by atoms with E-state index in [2.05, 4.69) is 0 Å². The second kappa shape index (κ2) is 6.31. The summed E-state index contributed by atoms with van der Waals surface area (Å²) in [4.78, 5) is 24.8. The van der Waals surface area contributed by atoms with E-state index in [1.54, 1.807) is 13.8 Å². The van der Waals surface area contributed by atoms with E-state index in [4.69, 9.17) is 4.74 Å². The number of hydrogen-bond acceptors (Lipinski definition) is 3. The van der Waals surface area contributed by atoms with Crippen LogP contribution in [0.15, 0.2) is 24.0 Å². The number of ketones is 1. The minimum absolute atomic E-state index is 0.0519. The first-order valence-electron chi connectivity index (χ1n) is 8.16. The monoisotopic (exact) mass is 314 g/mol. The number of esters is 1. The predicted molar refractivity (Wildman–Crippen MR) is 91.8 cm³/mol. The molecule has 3 nitrogen and oxygen atoms in total. The number of rotatable bonds is 3. The highest BCUT2D eigenvalue weighted by Gasteiger charge is 2.35. The van der Waals surface area contributed by atoms with Gasteiger partial charge in [0.05, 0.1) is 11.5 Å². The van der Waals surface area contributed by atoms with Gasteiger partial charge >= 0.3 is 5.97 Å². The minimum Gasteiger partial charge on any atom is -0.430 e. The molecule has 0 saturated heterocycles. The van der Waals surface area contributed by atoms with Crippen molar-refractivity contribution in [2.75, 3.05) is 0 Å². The van der Waals surface area contributed by atoms with Gasteiger partial charge in [-0.3, -0.25) is 9.59 Å². The van der Waals surface area contributed by atoms with E-state index in [9.17, 15) is 9.59 Å². The highest BCUT2D eigenvalue weighted by molar-refractivity contribution is 6.22. The molecule has 0 bridgehead atoms. The molecule has 0 atom stereocenters. The van der Waals surface area contributed by atoms with Crippen LogP contribution in [0.3, 0.4) is 0 Å². The molecule has 1 aromatic carbocycles. The summed E-state index contributed by atoms with van der Waals surface area (Å²) in [7, 11) is 0. The molecule has 0 heterocycles. The lowest BCUT2D eigenvalue weighted by molar-refractivity contribution is -0.143. The van der Waals surface area contributed by atoms with Crippen molar-refractivity contribution >= 4 is 17.3 Å². The highest BCUT2D eigenvalue weighted by atomic mass is 16.5. The van der Waals surface area contributed by atoms with Crippen molar-refractivity contribution in [1.82, 2.24) is 0 Å². The molecule has 0 N–H and O–H groups in total. The molecule has 0 saturated carbocycles. The van der Waals surface area contributed by atoms with E-state index in [1.165, 1.54) is 5.56 Å². The molecule has 3 heteroatoms. The molecule has 0 amide bonds. The van der Waals surface area contributed by atoms with Gasteiger partial charge in [-0.15, -0.1) is 0 Å². The molecule has 1 aliphatic rings. The molecular formula is C20H26O3. The Bertz CT molecular complexity index is 678. The molecule has 0 spiro atoms. The van der Waals surface area contributed by atoms with Crippen molar-refractivity contribution in [2.45, 2.75) is 54.4 Å². The quantitative estimate of drug-likeness (QED) is 0.766. The Morgan fingerprint density at radius 3 is 2.35 bits per heavy atom. The summed E-state index contributed by atoms with van der Waals surface area (Å²) in [6, 6.07) is 5.95. The molecular weight excluding hydrogens is 288 g/mol. The van der Waals surface area contributed by atoms with Gasteiger partial charge in [0.15, 0.2) is 5.78 Å². The lowest BCUT2D eigenvalue weighted by atomic mass is 9.75. The van der Waals surface area contributed by atoms with Crippen molar-refractivity contribution in [3.8, 4) is 0 Å². The topological polar surface area (TPSA) is 43.4 Å². The average molecular weight is 314 g/mol. The number of aryl methyl sites for hydroxylation is 2. The van der Waals surface area contributed by atoms with Crippen molar-refractivity contribution in [3.63, 3.8) is 0 Å². The summed E-state index contributed by atoms with van der Waals surface area (Å²) < 4.78 is 5.62. The standard InChI is InChI=1S/C20H26O3/c1-12(2)19(22)23-17-11-20(5,6)10-16(21)18(17)15-8-7-13(3)14(4)9-15/h7-9,12H,10-11H2,1-6H3. The first-order chi connectivity index (χ1) is 10.6.